The second kappa shape index (κ2) is 8.84. The lowest BCUT2D eigenvalue weighted by atomic mass is 10.1. The topological polar surface area (TPSA) is 78.9 Å². The van der Waals surface area contributed by atoms with Crippen LogP contribution in [0.4, 0.5) is 0 Å². The average Bonchev–Trinajstić information content (AvgIpc) is 2.60. The molecule has 2 N–H and O–H groups in total. The van der Waals surface area contributed by atoms with E-state index < -0.39 is 5.97 Å². The van der Waals surface area contributed by atoms with Gasteiger partial charge in [0.1, 0.15) is 12.4 Å². The number of rotatable bonds is 8. The van der Waals surface area contributed by atoms with E-state index in [2.05, 4.69) is 5.32 Å². The molecule has 2 aromatic rings. The fraction of sp³-hybridized carbons (Fsp3) is 0.263. The Kier molecular flexibility index (Phi) is 6.54. The van der Waals surface area contributed by atoms with E-state index in [0.717, 1.165) is 12.1 Å². The predicted molar refractivity (Wildman–Crippen MR) is 95.1 cm³/mol. The number of likely N-dealkylation sites (N-methyl/N-ethyl adjacent to an activating group) is 1. The first kappa shape index (κ1) is 18.5. The van der Waals surface area contributed by atoms with Gasteiger partial charge in [-0.25, -0.2) is 4.79 Å². The van der Waals surface area contributed by atoms with Gasteiger partial charge in [0.25, 0.3) is 5.91 Å². The van der Waals surface area contributed by atoms with Crippen LogP contribution < -0.4 is 10.1 Å². The molecule has 132 valence electrons. The van der Waals surface area contributed by atoms with Crippen LogP contribution in [0.2, 0.25) is 0 Å². The van der Waals surface area contributed by atoms with Gasteiger partial charge in [-0.05, 0) is 43.9 Å². The molecule has 6 nitrogen and oxygen atoms in total. The third-order valence-corrected chi connectivity index (χ3v) is 3.58. The van der Waals surface area contributed by atoms with Crippen LogP contribution >= 0.6 is 0 Å². The molecule has 2 rings (SSSR count). The summed E-state index contributed by atoms with van der Waals surface area (Å²) in [7, 11) is 3.91. The number of hydrogen-bond donors (Lipinski definition) is 2. The van der Waals surface area contributed by atoms with E-state index in [1.807, 2.05) is 25.1 Å². The molecule has 0 aliphatic heterocycles. The van der Waals surface area contributed by atoms with Gasteiger partial charge < -0.3 is 20.1 Å². The molecule has 2 aromatic carbocycles. The lowest BCUT2D eigenvalue weighted by molar-refractivity contribution is 0.0696. The van der Waals surface area contributed by atoms with Crippen LogP contribution in [-0.2, 0) is 6.54 Å². The fourth-order valence-corrected chi connectivity index (χ4v) is 2.16. The molecule has 25 heavy (non-hydrogen) atoms. The number of benzene rings is 2. The summed E-state index contributed by atoms with van der Waals surface area (Å²) in [5.74, 6) is -0.662. The molecule has 0 saturated carbocycles. The largest absolute Gasteiger partial charge is 0.491 e. The molecule has 0 bridgehead atoms. The van der Waals surface area contributed by atoms with E-state index in [4.69, 9.17) is 9.84 Å². The van der Waals surface area contributed by atoms with Gasteiger partial charge in [-0.1, -0.05) is 24.3 Å². The SMILES string of the molecule is CN(C)CCOc1ccccc1C(=O)NCc1ccc(C(=O)O)cc1. The number of carboxylic acids is 1. The maximum Gasteiger partial charge on any atom is 0.335 e. The van der Waals surface area contributed by atoms with Gasteiger partial charge >= 0.3 is 5.97 Å². The normalized spacial score (nSPS) is 10.5. The van der Waals surface area contributed by atoms with E-state index in [1.54, 1.807) is 30.3 Å². The molecule has 0 unspecified atom stereocenters. The van der Waals surface area contributed by atoms with Gasteiger partial charge in [0.2, 0.25) is 0 Å². The van der Waals surface area contributed by atoms with Crippen molar-refractivity contribution >= 4 is 11.9 Å². The standard InChI is InChI=1S/C19H22N2O4/c1-21(2)11-12-25-17-6-4-3-5-16(17)18(22)20-13-14-7-9-15(10-8-14)19(23)24/h3-10H,11-13H2,1-2H3,(H,20,22)(H,23,24). The van der Waals surface area contributed by atoms with Gasteiger partial charge in [-0.2, -0.15) is 0 Å². The number of ether oxygens (including phenoxy) is 1. The third-order valence-electron chi connectivity index (χ3n) is 3.58. The molecule has 0 saturated heterocycles. The Morgan fingerprint density at radius 3 is 2.40 bits per heavy atom. The van der Waals surface area contributed by atoms with E-state index in [-0.39, 0.29) is 11.5 Å². The molecule has 0 aromatic heterocycles. The number of para-hydroxylation sites is 1. The van der Waals surface area contributed by atoms with Crippen LogP contribution in [0.3, 0.4) is 0 Å². The van der Waals surface area contributed by atoms with E-state index in [9.17, 15) is 9.59 Å². The highest BCUT2D eigenvalue weighted by atomic mass is 16.5. The summed E-state index contributed by atoms with van der Waals surface area (Å²) in [6.07, 6.45) is 0. The van der Waals surface area contributed by atoms with Gasteiger partial charge in [0.05, 0.1) is 11.1 Å². The van der Waals surface area contributed by atoms with Gasteiger partial charge in [0, 0.05) is 13.1 Å². The lowest BCUT2D eigenvalue weighted by Crippen LogP contribution is -2.24. The molecular formula is C19H22N2O4. The van der Waals surface area contributed by atoms with Crippen molar-refractivity contribution in [3.63, 3.8) is 0 Å². The van der Waals surface area contributed by atoms with Crippen molar-refractivity contribution < 1.29 is 19.4 Å². The Balaban J connectivity index is 1.97. The molecule has 0 heterocycles. The van der Waals surface area contributed by atoms with E-state index >= 15 is 0 Å². The monoisotopic (exact) mass is 342 g/mol. The van der Waals surface area contributed by atoms with Gasteiger partial charge in [-0.3, -0.25) is 4.79 Å². The molecule has 0 aliphatic rings. The van der Waals surface area contributed by atoms with Crippen LogP contribution in [0.1, 0.15) is 26.3 Å². The average molecular weight is 342 g/mol. The van der Waals surface area contributed by atoms with Crippen molar-refractivity contribution in [3.05, 3.63) is 65.2 Å². The van der Waals surface area contributed by atoms with Crippen molar-refractivity contribution in [1.82, 2.24) is 10.2 Å². The fourth-order valence-electron chi connectivity index (χ4n) is 2.16. The van der Waals surface area contributed by atoms with Crippen LogP contribution in [0.15, 0.2) is 48.5 Å². The number of nitrogens with one attached hydrogen (secondary N) is 1. The zero-order valence-electron chi connectivity index (χ0n) is 14.4. The maximum absolute atomic E-state index is 12.4. The third kappa shape index (κ3) is 5.61. The summed E-state index contributed by atoms with van der Waals surface area (Å²) < 4.78 is 5.70. The Labute approximate surface area is 147 Å². The maximum atomic E-state index is 12.4. The molecule has 0 aliphatic carbocycles. The Morgan fingerprint density at radius 2 is 1.76 bits per heavy atom. The highest BCUT2D eigenvalue weighted by molar-refractivity contribution is 5.96. The van der Waals surface area contributed by atoms with Crippen molar-refractivity contribution in [3.8, 4) is 5.75 Å². The highest BCUT2D eigenvalue weighted by Crippen LogP contribution is 2.18. The number of aromatic carboxylic acids is 1. The zero-order valence-corrected chi connectivity index (χ0v) is 14.4. The minimum atomic E-state index is -0.973. The molecule has 0 fully saturated rings. The van der Waals surface area contributed by atoms with Crippen LogP contribution in [0.25, 0.3) is 0 Å². The first-order valence-electron chi connectivity index (χ1n) is 7.94. The van der Waals surface area contributed by atoms with Crippen LogP contribution in [-0.4, -0.2) is 49.1 Å². The lowest BCUT2D eigenvalue weighted by Gasteiger charge is -2.14. The number of carbonyl (C=O) groups excluding carboxylic acids is 1. The minimum Gasteiger partial charge on any atom is -0.491 e. The molecule has 0 spiro atoms. The van der Waals surface area contributed by atoms with E-state index in [1.165, 1.54) is 12.1 Å². The number of carbonyl (C=O) groups is 2. The molecular weight excluding hydrogens is 320 g/mol. The summed E-state index contributed by atoms with van der Waals surface area (Å²) in [6, 6.07) is 13.5. The number of carboxylic acid groups (broad SMARTS) is 1. The second-order valence-electron chi connectivity index (χ2n) is 5.83. The van der Waals surface area contributed by atoms with E-state index in [0.29, 0.717) is 24.5 Å². The highest BCUT2D eigenvalue weighted by Gasteiger charge is 2.12. The number of amides is 1. The molecule has 1 amide bonds. The minimum absolute atomic E-state index is 0.217. The predicted octanol–water partition coefficient (Wildman–Crippen LogP) is 2.26. The molecule has 6 heteroatoms. The second-order valence-corrected chi connectivity index (χ2v) is 5.83. The first-order chi connectivity index (χ1) is 12.0. The van der Waals surface area contributed by atoms with Crippen molar-refractivity contribution in [2.45, 2.75) is 6.54 Å². The molecule has 0 radical (unpaired) electrons. The van der Waals surface area contributed by atoms with Crippen molar-refractivity contribution in [1.29, 1.82) is 0 Å². The quantitative estimate of drug-likeness (QED) is 0.769. The summed E-state index contributed by atoms with van der Waals surface area (Å²) in [4.78, 5) is 25.3. The number of nitrogens with zero attached hydrogens (tertiary/aromatic N) is 1. The summed E-state index contributed by atoms with van der Waals surface area (Å²) in [5.41, 5.74) is 1.52. The summed E-state index contributed by atoms with van der Waals surface area (Å²) in [5, 5.41) is 11.7. The van der Waals surface area contributed by atoms with Gasteiger partial charge in [0.15, 0.2) is 0 Å². The van der Waals surface area contributed by atoms with Crippen LogP contribution in [0.5, 0.6) is 5.75 Å². The smallest absolute Gasteiger partial charge is 0.335 e. The summed E-state index contributed by atoms with van der Waals surface area (Å²) >= 11 is 0. The number of hydrogen-bond acceptors (Lipinski definition) is 4. The van der Waals surface area contributed by atoms with Gasteiger partial charge in [-0.15, -0.1) is 0 Å². The van der Waals surface area contributed by atoms with Crippen molar-refractivity contribution in [2.75, 3.05) is 27.2 Å². The molecule has 0 atom stereocenters. The Hall–Kier alpha value is -2.86. The van der Waals surface area contributed by atoms with Crippen molar-refractivity contribution in [2.24, 2.45) is 0 Å². The first-order valence-corrected chi connectivity index (χ1v) is 7.94. The summed E-state index contributed by atoms with van der Waals surface area (Å²) in [6.45, 7) is 1.56. The Morgan fingerprint density at radius 1 is 1.08 bits per heavy atom. The Bertz CT molecular complexity index is 726. The van der Waals surface area contributed by atoms with Crippen LogP contribution in [0, 0.1) is 0 Å². The zero-order chi connectivity index (χ0) is 18.2.